The van der Waals surface area contributed by atoms with Crippen molar-refractivity contribution in [2.24, 2.45) is 0 Å². The second-order valence-electron chi connectivity index (χ2n) is 6.45. The van der Waals surface area contributed by atoms with Gasteiger partial charge in [0.05, 0.1) is 5.60 Å². The standard InChI is InChI=1S/C18H30N2O/c1-4-17(19-5-2)15-7-9-16(10-8-15)20-13-6-11-18(3,21)12-14-20/h7-10,17,19,21H,4-6,11-14H2,1-3H3. The number of hydrogen-bond acceptors (Lipinski definition) is 3. The molecule has 1 saturated heterocycles. The number of aliphatic hydroxyl groups is 1. The van der Waals surface area contributed by atoms with Gasteiger partial charge in [0.2, 0.25) is 0 Å². The topological polar surface area (TPSA) is 35.5 Å². The SMILES string of the molecule is CCNC(CC)c1ccc(N2CCCC(C)(O)CC2)cc1. The molecule has 1 aliphatic heterocycles. The summed E-state index contributed by atoms with van der Waals surface area (Å²) in [6.07, 6.45) is 3.92. The summed E-state index contributed by atoms with van der Waals surface area (Å²) in [6.45, 7) is 9.32. The van der Waals surface area contributed by atoms with Crippen LogP contribution in [0.5, 0.6) is 0 Å². The second-order valence-corrected chi connectivity index (χ2v) is 6.45. The third-order valence-corrected chi connectivity index (χ3v) is 4.58. The highest BCUT2D eigenvalue weighted by atomic mass is 16.3. The van der Waals surface area contributed by atoms with E-state index >= 15 is 0 Å². The number of nitrogens with zero attached hydrogens (tertiary/aromatic N) is 1. The molecule has 2 N–H and O–H groups in total. The summed E-state index contributed by atoms with van der Waals surface area (Å²) in [5.41, 5.74) is 2.15. The third kappa shape index (κ3) is 4.45. The van der Waals surface area contributed by atoms with Crippen molar-refractivity contribution in [2.75, 3.05) is 24.5 Å². The molecule has 0 radical (unpaired) electrons. The summed E-state index contributed by atoms with van der Waals surface area (Å²) in [4.78, 5) is 2.40. The molecule has 1 fully saturated rings. The molecule has 3 heteroatoms. The fraction of sp³-hybridized carbons (Fsp3) is 0.667. The monoisotopic (exact) mass is 290 g/mol. The van der Waals surface area contributed by atoms with Gasteiger partial charge in [0.1, 0.15) is 0 Å². The van der Waals surface area contributed by atoms with Crippen LogP contribution in [0.25, 0.3) is 0 Å². The quantitative estimate of drug-likeness (QED) is 0.871. The molecule has 2 rings (SSSR count). The molecule has 1 heterocycles. The number of rotatable bonds is 5. The van der Waals surface area contributed by atoms with Crippen LogP contribution in [-0.4, -0.2) is 30.3 Å². The molecule has 118 valence electrons. The van der Waals surface area contributed by atoms with Crippen LogP contribution in [0.4, 0.5) is 5.69 Å². The van der Waals surface area contributed by atoms with Gasteiger partial charge < -0.3 is 15.3 Å². The van der Waals surface area contributed by atoms with Crippen LogP contribution in [0.2, 0.25) is 0 Å². The van der Waals surface area contributed by atoms with Crippen molar-refractivity contribution in [3.05, 3.63) is 29.8 Å². The lowest BCUT2D eigenvalue weighted by molar-refractivity contribution is 0.0481. The average Bonchev–Trinajstić information content (AvgIpc) is 2.66. The van der Waals surface area contributed by atoms with Crippen LogP contribution in [0, 0.1) is 0 Å². The highest BCUT2D eigenvalue weighted by molar-refractivity contribution is 5.48. The van der Waals surface area contributed by atoms with Gasteiger partial charge in [0, 0.05) is 24.8 Å². The molecule has 1 aromatic carbocycles. The molecule has 0 amide bonds. The Morgan fingerprint density at radius 2 is 1.90 bits per heavy atom. The fourth-order valence-corrected chi connectivity index (χ4v) is 3.18. The largest absolute Gasteiger partial charge is 0.390 e. The van der Waals surface area contributed by atoms with E-state index in [-0.39, 0.29) is 0 Å². The van der Waals surface area contributed by atoms with E-state index in [1.54, 1.807) is 0 Å². The van der Waals surface area contributed by atoms with Gasteiger partial charge in [0.25, 0.3) is 0 Å². The van der Waals surface area contributed by atoms with Gasteiger partial charge in [-0.2, -0.15) is 0 Å². The Morgan fingerprint density at radius 1 is 1.19 bits per heavy atom. The van der Waals surface area contributed by atoms with Crippen molar-refractivity contribution in [2.45, 2.75) is 58.1 Å². The fourth-order valence-electron chi connectivity index (χ4n) is 3.18. The van der Waals surface area contributed by atoms with Crippen LogP contribution < -0.4 is 10.2 Å². The van der Waals surface area contributed by atoms with E-state index in [1.807, 2.05) is 6.92 Å². The van der Waals surface area contributed by atoms with E-state index in [0.29, 0.717) is 6.04 Å². The van der Waals surface area contributed by atoms with Crippen molar-refractivity contribution in [1.82, 2.24) is 5.32 Å². The minimum atomic E-state index is -0.493. The van der Waals surface area contributed by atoms with Crippen LogP contribution >= 0.6 is 0 Å². The molecule has 1 aliphatic rings. The normalized spacial score (nSPS) is 24.7. The van der Waals surface area contributed by atoms with Crippen LogP contribution in [0.1, 0.15) is 58.1 Å². The zero-order valence-electron chi connectivity index (χ0n) is 13.7. The summed E-state index contributed by atoms with van der Waals surface area (Å²) >= 11 is 0. The predicted octanol–water partition coefficient (Wildman–Crippen LogP) is 3.49. The smallest absolute Gasteiger partial charge is 0.0637 e. The van der Waals surface area contributed by atoms with Gasteiger partial charge in [-0.1, -0.05) is 26.0 Å². The van der Waals surface area contributed by atoms with E-state index in [2.05, 4.69) is 48.3 Å². The predicted molar refractivity (Wildman–Crippen MR) is 89.8 cm³/mol. The van der Waals surface area contributed by atoms with Crippen molar-refractivity contribution >= 4 is 5.69 Å². The summed E-state index contributed by atoms with van der Waals surface area (Å²) < 4.78 is 0. The maximum Gasteiger partial charge on any atom is 0.0637 e. The lowest BCUT2D eigenvalue weighted by Gasteiger charge is -2.25. The van der Waals surface area contributed by atoms with E-state index in [1.165, 1.54) is 11.3 Å². The highest BCUT2D eigenvalue weighted by Crippen LogP contribution is 2.26. The second kappa shape index (κ2) is 7.28. The highest BCUT2D eigenvalue weighted by Gasteiger charge is 2.25. The Kier molecular flexibility index (Phi) is 5.65. The summed E-state index contributed by atoms with van der Waals surface area (Å²) in [7, 11) is 0. The van der Waals surface area contributed by atoms with Gasteiger partial charge >= 0.3 is 0 Å². The minimum Gasteiger partial charge on any atom is -0.390 e. The van der Waals surface area contributed by atoms with E-state index in [0.717, 1.165) is 45.3 Å². The molecular formula is C18H30N2O. The van der Waals surface area contributed by atoms with Crippen molar-refractivity contribution in [1.29, 1.82) is 0 Å². The summed E-state index contributed by atoms with van der Waals surface area (Å²) in [6, 6.07) is 9.41. The summed E-state index contributed by atoms with van der Waals surface area (Å²) in [5.74, 6) is 0. The number of benzene rings is 1. The molecular weight excluding hydrogens is 260 g/mol. The molecule has 0 saturated carbocycles. The summed E-state index contributed by atoms with van der Waals surface area (Å²) in [5, 5.41) is 13.7. The van der Waals surface area contributed by atoms with Gasteiger partial charge in [-0.25, -0.2) is 0 Å². The van der Waals surface area contributed by atoms with Crippen LogP contribution in [0.3, 0.4) is 0 Å². The Hall–Kier alpha value is -1.06. The minimum absolute atomic E-state index is 0.453. The molecule has 0 aromatic heterocycles. The number of nitrogens with one attached hydrogen (secondary N) is 1. The van der Waals surface area contributed by atoms with E-state index < -0.39 is 5.60 Å². The Labute approximate surface area is 129 Å². The first-order valence-corrected chi connectivity index (χ1v) is 8.36. The number of anilines is 1. The molecule has 21 heavy (non-hydrogen) atoms. The van der Waals surface area contributed by atoms with Crippen LogP contribution in [-0.2, 0) is 0 Å². The molecule has 2 atom stereocenters. The van der Waals surface area contributed by atoms with Crippen molar-refractivity contribution in [3.63, 3.8) is 0 Å². The van der Waals surface area contributed by atoms with Crippen molar-refractivity contribution < 1.29 is 5.11 Å². The molecule has 2 unspecified atom stereocenters. The lowest BCUT2D eigenvalue weighted by Crippen LogP contribution is -2.28. The molecule has 0 aliphatic carbocycles. The van der Waals surface area contributed by atoms with E-state index in [4.69, 9.17) is 0 Å². The first kappa shape index (κ1) is 16.3. The molecule has 0 bridgehead atoms. The Balaban J connectivity index is 2.04. The van der Waals surface area contributed by atoms with E-state index in [9.17, 15) is 5.11 Å². The average molecular weight is 290 g/mol. The molecule has 1 aromatic rings. The Bertz CT molecular complexity index is 427. The van der Waals surface area contributed by atoms with Crippen molar-refractivity contribution in [3.8, 4) is 0 Å². The Morgan fingerprint density at radius 3 is 2.52 bits per heavy atom. The first-order valence-electron chi connectivity index (χ1n) is 8.36. The van der Waals surface area contributed by atoms with Gasteiger partial charge in [0.15, 0.2) is 0 Å². The first-order chi connectivity index (χ1) is 10.1. The molecule has 3 nitrogen and oxygen atoms in total. The third-order valence-electron chi connectivity index (χ3n) is 4.58. The number of hydrogen-bond donors (Lipinski definition) is 2. The van der Waals surface area contributed by atoms with Crippen LogP contribution in [0.15, 0.2) is 24.3 Å². The molecule has 0 spiro atoms. The van der Waals surface area contributed by atoms with Gasteiger partial charge in [-0.15, -0.1) is 0 Å². The maximum atomic E-state index is 10.2. The maximum absolute atomic E-state index is 10.2. The lowest BCUT2D eigenvalue weighted by atomic mass is 9.98. The zero-order valence-corrected chi connectivity index (χ0v) is 13.7. The van der Waals surface area contributed by atoms with Gasteiger partial charge in [-0.3, -0.25) is 0 Å². The van der Waals surface area contributed by atoms with Gasteiger partial charge in [-0.05, 0) is 56.8 Å². The zero-order chi connectivity index (χ0) is 15.3.